The summed E-state index contributed by atoms with van der Waals surface area (Å²) in [5, 5.41) is 4.15. The van der Waals surface area contributed by atoms with Gasteiger partial charge in [-0.3, -0.25) is 10.0 Å². The number of halogens is 1. The molecular formula is C23H20ClN3O3S2. The standard InChI is InChI=1S/C23H20ClN3O3S2/c1-32(29,14-15-10-11-21(24)25-12-15)27-22(31)26-23(28)30-13-20-18-8-4-2-6-16(18)17-7-3-5-9-19(17)20/h2-12,14,20H,13H2,1H3,(H2,26,27,28,29,31). The van der Waals surface area contributed by atoms with Gasteiger partial charge < -0.3 is 4.74 Å². The maximum atomic E-state index is 12.8. The van der Waals surface area contributed by atoms with Crippen LogP contribution < -0.4 is 10.0 Å². The number of benzene rings is 2. The van der Waals surface area contributed by atoms with E-state index in [0.29, 0.717) is 10.7 Å². The molecule has 0 saturated carbocycles. The maximum absolute atomic E-state index is 12.8. The Kier molecular flexibility index (Phi) is 6.45. The van der Waals surface area contributed by atoms with E-state index in [9.17, 15) is 9.00 Å². The Balaban J connectivity index is 1.38. The lowest BCUT2D eigenvalue weighted by Gasteiger charge is -2.15. The van der Waals surface area contributed by atoms with E-state index < -0.39 is 15.8 Å². The molecule has 32 heavy (non-hydrogen) atoms. The van der Waals surface area contributed by atoms with Gasteiger partial charge in [-0.25, -0.2) is 14.0 Å². The fraction of sp³-hybridized carbons (Fsp3) is 0.130. The monoisotopic (exact) mass is 485 g/mol. The van der Waals surface area contributed by atoms with Crippen LogP contribution in [0.4, 0.5) is 4.79 Å². The molecule has 0 fully saturated rings. The van der Waals surface area contributed by atoms with Gasteiger partial charge in [0.2, 0.25) is 0 Å². The first kappa shape index (κ1) is 22.3. The Morgan fingerprint density at radius 2 is 1.75 bits per heavy atom. The van der Waals surface area contributed by atoms with Crippen molar-refractivity contribution in [1.82, 2.24) is 15.0 Å². The number of hydrogen-bond donors (Lipinski definition) is 2. The van der Waals surface area contributed by atoms with E-state index in [2.05, 4.69) is 27.2 Å². The summed E-state index contributed by atoms with van der Waals surface area (Å²) in [6.07, 6.45) is 2.25. The van der Waals surface area contributed by atoms with Crippen molar-refractivity contribution in [2.45, 2.75) is 5.92 Å². The van der Waals surface area contributed by atoms with Gasteiger partial charge in [-0.2, -0.15) is 0 Å². The molecule has 3 aromatic rings. The summed E-state index contributed by atoms with van der Waals surface area (Å²) in [6, 6.07) is 19.4. The Bertz CT molecular complexity index is 1260. The first-order chi connectivity index (χ1) is 15.3. The number of pyridine rings is 1. The summed E-state index contributed by atoms with van der Waals surface area (Å²) < 4.78 is 20.9. The van der Waals surface area contributed by atoms with Gasteiger partial charge in [0.05, 0.1) is 9.71 Å². The van der Waals surface area contributed by atoms with Gasteiger partial charge in [-0.1, -0.05) is 60.1 Å². The van der Waals surface area contributed by atoms with Gasteiger partial charge in [-0.05, 0) is 46.6 Å². The molecule has 0 saturated heterocycles. The third-order valence-electron chi connectivity index (χ3n) is 4.97. The number of carbonyl (C=O) groups excluding carboxylic acids is 1. The number of alkyl carbamates (subject to hydrolysis) is 1. The molecule has 1 aromatic heterocycles. The quantitative estimate of drug-likeness (QED) is 0.429. The van der Waals surface area contributed by atoms with Crippen LogP contribution in [-0.2, 0) is 14.4 Å². The lowest BCUT2D eigenvalue weighted by Crippen LogP contribution is -2.42. The number of fused-ring (bicyclic) bond motifs is 3. The predicted octanol–water partition coefficient (Wildman–Crippen LogP) is 4.13. The normalized spacial score (nSPS) is 13.9. The zero-order valence-corrected chi connectivity index (χ0v) is 19.5. The second-order valence-corrected chi connectivity index (χ2v) is 10.4. The molecule has 0 aliphatic heterocycles. The Labute approximate surface area is 197 Å². The van der Waals surface area contributed by atoms with Gasteiger partial charge in [-0.15, -0.1) is 0 Å². The summed E-state index contributed by atoms with van der Waals surface area (Å²) in [5.41, 5.74) is 5.13. The molecule has 1 aliphatic rings. The molecule has 164 valence electrons. The number of rotatable bonds is 4. The molecule has 1 aliphatic carbocycles. The topological polar surface area (TPSA) is 80.3 Å². The summed E-state index contributed by atoms with van der Waals surface area (Å²) in [5.74, 6) is -0.0594. The van der Waals surface area contributed by atoms with Crippen molar-refractivity contribution < 1.29 is 13.7 Å². The van der Waals surface area contributed by atoms with Crippen molar-refractivity contribution in [2.24, 2.45) is 0 Å². The highest BCUT2D eigenvalue weighted by Crippen LogP contribution is 2.44. The summed E-state index contributed by atoms with van der Waals surface area (Å²) in [4.78, 5) is 16.3. The molecule has 6 nitrogen and oxygen atoms in total. The number of thiocarbonyl (C=S) groups is 1. The Morgan fingerprint density at radius 1 is 1.12 bits per heavy atom. The van der Waals surface area contributed by atoms with Crippen LogP contribution in [-0.4, -0.2) is 38.6 Å². The zero-order valence-electron chi connectivity index (χ0n) is 17.1. The molecule has 1 unspecified atom stereocenters. The summed E-state index contributed by atoms with van der Waals surface area (Å²) in [6.45, 7) is 0.159. The van der Waals surface area contributed by atoms with Crippen LogP contribution in [0.1, 0.15) is 22.6 Å². The van der Waals surface area contributed by atoms with E-state index in [1.165, 1.54) is 17.8 Å². The second kappa shape index (κ2) is 9.28. The minimum atomic E-state index is -2.72. The van der Waals surface area contributed by atoms with Gasteiger partial charge in [0, 0.05) is 29.3 Å². The van der Waals surface area contributed by atoms with Crippen LogP contribution in [0.2, 0.25) is 5.15 Å². The van der Waals surface area contributed by atoms with E-state index in [-0.39, 0.29) is 17.6 Å². The Morgan fingerprint density at radius 3 is 2.34 bits per heavy atom. The zero-order chi connectivity index (χ0) is 22.7. The van der Waals surface area contributed by atoms with Crippen LogP contribution in [0.25, 0.3) is 11.1 Å². The lowest BCUT2D eigenvalue weighted by atomic mass is 9.98. The molecule has 4 rings (SSSR count). The van der Waals surface area contributed by atoms with Crippen LogP contribution >= 0.6 is 23.8 Å². The fourth-order valence-electron chi connectivity index (χ4n) is 3.68. The molecule has 0 spiro atoms. The number of carbonyl (C=O) groups is 1. The molecule has 0 radical (unpaired) electrons. The van der Waals surface area contributed by atoms with E-state index in [1.807, 2.05) is 36.4 Å². The summed E-state index contributed by atoms with van der Waals surface area (Å²) in [7, 11) is -2.72. The van der Waals surface area contributed by atoms with Crippen LogP contribution in [0, 0.1) is 0 Å². The highest BCUT2D eigenvalue weighted by Gasteiger charge is 2.29. The van der Waals surface area contributed by atoms with Crippen LogP contribution in [0.5, 0.6) is 0 Å². The maximum Gasteiger partial charge on any atom is 0.413 e. The number of amides is 1. The highest BCUT2D eigenvalue weighted by molar-refractivity contribution is 8.00. The van der Waals surface area contributed by atoms with Gasteiger partial charge in [0.25, 0.3) is 0 Å². The van der Waals surface area contributed by atoms with Gasteiger partial charge in [0.1, 0.15) is 11.8 Å². The summed E-state index contributed by atoms with van der Waals surface area (Å²) >= 11 is 10.9. The van der Waals surface area contributed by atoms with Gasteiger partial charge >= 0.3 is 6.09 Å². The predicted molar refractivity (Wildman–Crippen MR) is 132 cm³/mol. The van der Waals surface area contributed by atoms with E-state index in [1.54, 1.807) is 12.1 Å². The van der Waals surface area contributed by atoms with Gasteiger partial charge in [0.15, 0.2) is 5.11 Å². The number of nitrogens with one attached hydrogen (secondary N) is 2. The van der Waals surface area contributed by atoms with Crippen LogP contribution in [0.3, 0.4) is 0 Å². The number of nitrogens with zero attached hydrogens (tertiary/aromatic N) is 1. The van der Waals surface area contributed by atoms with Crippen molar-refractivity contribution in [3.05, 3.63) is 88.7 Å². The smallest absolute Gasteiger partial charge is 0.413 e. The third-order valence-corrected chi connectivity index (χ3v) is 6.85. The van der Waals surface area contributed by atoms with Crippen molar-refractivity contribution >= 4 is 50.1 Å². The van der Waals surface area contributed by atoms with E-state index in [4.69, 9.17) is 28.6 Å². The molecule has 2 N–H and O–H groups in total. The lowest BCUT2D eigenvalue weighted by molar-refractivity contribution is 0.148. The van der Waals surface area contributed by atoms with E-state index in [0.717, 1.165) is 22.3 Å². The Hall–Kier alpha value is -2.94. The molecule has 1 atom stereocenters. The number of hydrogen-bond acceptors (Lipinski definition) is 5. The first-order valence-electron chi connectivity index (χ1n) is 9.71. The third kappa shape index (κ3) is 5.09. The van der Waals surface area contributed by atoms with Crippen molar-refractivity contribution in [3.63, 3.8) is 0 Å². The molecule has 2 aromatic carbocycles. The van der Waals surface area contributed by atoms with Crippen LogP contribution in [0.15, 0.2) is 66.9 Å². The average molecular weight is 486 g/mol. The SMILES string of the molecule is CS(=O)(=Cc1ccc(Cl)nc1)NC(=S)NC(=O)OCC1c2ccccc2-c2ccccc21. The van der Waals surface area contributed by atoms with Crippen molar-refractivity contribution in [3.8, 4) is 11.1 Å². The molecular weight excluding hydrogens is 466 g/mol. The van der Waals surface area contributed by atoms with Crippen molar-refractivity contribution in [1.29, 1.82) is 0 Å². The highest BCUT2D eigenvalue weighted by atomic mass is 35.5. The minimum Gasteiger partial charge on any atom is -0.448 e. The number of aromatic nitrogens is 1. The molecule has 1 heterocycles. The minimum absolute atomic E-state index is 0.0594. The van der Waals surface area contributed by atoms with E-state index >= 15 is 0 Å². The molecule has 0 bridgehead atoms. The average Bonchev–Trinajstić information content (AvgIpc) is 3.07. The fourth-order valence-corrected chi connectivity index (χ4v) is 5.51. The number of ether oxygens (including phenoxy) is 1. The molecule has 9 heteroatoms. The first-order valence-corrected chi connectivity index (χ1v) is 12.5. The van der Waals surface area contributed by atoms with Crippen molar-refractivity contribution in [2.75, 3.05) is 12.9 Å². The molecule has 1 amide bonds. The second-order valence-electron chi connectivity index (χ2n) is 7.32. The largest absolute Gasteiger partial charge is 0.448 e.